The number of thiocarbonyl (C=S) groups is 1. The number of hydrogen-bond donors (Lipinski definition) is 1. The molecule has 0 spiro atoms. The Hall–Kier alpha value is -2.92. The van der Waals surface area contributed by atoms with E-state index >= 15 is 0 Å². The molecule has 2 aromatic rings. The quantitative estimate of drug-likeness (QED) is 0.311. The number of carbonyl (C=O) groups excluding carboxylic acids is 3. The van der Waals surface area contributed by atoms with Crippen molar-refractivity contribution in [1.29, 1.82) is 0 Å². The van der Waals surface area contributed by atoms with Gasteiger partial charge in [-0.15, -0.1) is 0 Å². The van der Waals surface area contributed by atoms with Crippen molar-refractivity contribution in [3.05, 3.63) is 68.5 Å². The van der Waals surface area contributed by atoms with Crippen molar-refractivity contribution in [3.63, 3.8) is 0 Å². The van der Waals surface area contributed by atoms with Crippen molar-refractivity contribution in [1.82, 2.24) is 4.90 Å². The summed E-state index contributed by atoms with van der Waals surface area (Å²) in [4.78, 5) is 52.4. The van der Waals surface area contributed by atoms with Gasteiger partial charge in [-0.2, -0.15) is 0 Å². The lowest BCUT2D eigenvalue weighted by Gasteiger charge is -2.16. The number of halogens is 2. The highest BCUT2D eigenvalue weighted by molar-refractivity contribution is 8.26. The molecule has 8 nitrogen and oxygen atoms in total. The third-order valence-corrected chi connectivity index (χ3v) is 7.14. The van der Waals surface area contributed by atoms with Crippen LogP contribution < -0.4 is 4.90 Å². The molecule has 0 atom stereocenters. The fourth-order valence-electron chi connectivity index (χ4n) is 3.55. The van der Waals surface area contributed by atoms with Crippen molar-refractivity contribution >= 4 is 86.5 Å². The van der Waals surface area contributed by atoms with Gasteiger partial charge in [0.05, 0.1) is 22.6 Å². The fraction of sp³-hybridized carbons (Fsp3) is 0.174. The van der Waals surface area contributed by atoms with Gasteiger partial charge in [0.2, 0.25) is 0 Å². The van der Waals surface area contributed by atoms with Crippen molar-refractivity contribution in [3.8, 4) is 0 Å². The van der Waals surface area contributed by atoms with Gasteiger partial charge < -0.3 is 9.84 Å². The lowest BCUT2D eigenvalue weighted by molar-refractivity contribution is -0.144. The van der Waals surface area contributed by atoms with Gasteiger partial charge in [0, 0.05) is 22.2 Å². The van der Waals surface area contributed by atoms with E-state index in [0.29, 0.717) is 21.3 Å². The maximum atomic E-state index is 13.4. The SMILES string of the molecule is O=C(O)CCN1C(=O)/C(=C2/C(=O)N(CC(=O)OCc3ccc(Cl)cc3)c3ccc(Cl)cc32)SC1=S. The van der Waals surface area contributed by atoms with E-state index in [1.165, 1.54) is 11.0 Å². The minimum atomic E-state index is -1.08. The summed E-state index contributed by atoms with van der Waals surface area (Å²) in [6.07, 6.45) is -0.295. The minimum absolute atomic E-state index is 0.000595. The Balaban J connectivity index is 1.59. The number of carboxylic acids is 1. The topological polar surface area (TPSA) is 104 Å². The molecule has 0 saturated carbocycles. The normalized spacial score (nSPS) is 17.3. The van der Waals surface area contributed by atoms with Crippen LogP contribution in [0.4, 0.5) is 5.69 Å². The molecule has 4 rings (SSSR count). The van der Waals surface area contributed by atoms with Crippen LogP contribution in [0.2, 0.25) is 10.0 Å². The molecule has 2 aliphatic heterocycles. The number of ether oxygens (including phenoxy) is 1. The second kappa shape index (κ2) is 10.4. The van der Waals surface area contributed by atoms with E-state index in [2.05, 4.69) is 0 Å². The van der Waals surface area contributed by atoms with Crippen LogP contribution in [-0.4, -0.2) is 51.2 Å². The van der Waals surface area contributed by atoms with Crippen LogP contribution in [0, 0.1) is 0 Å². The van der Waals surface area contributed by atoms with Crippen LogP contribution in [0.15, 0.2) is 47.4 Å². The van der Waals surface area contributed by atoms with Gasteiger partial charge in [-0.3, -0.25) is 29.0 Å². The van der Waals surface area contributed by atoms with Crippen LogP contribution in [0.5, 0.6) is 0 Å². The van der Waals surface area contributed by atoms with E-state index in [9.17, 15) is 19.2 Å². The summed E-state index contributed by atoms with van der Waals surface area (Å²) >= 11 is 18.2. The Morgan fingerprint density at radius 3 is 2.37 bits per heavy atom. The monoisotopic (exact) mass is 550 g/mol. The fourth-order valence-corrected chi connectivity index (χ4v) is 5.23. The number of thioether (sulfide) groups is 1. The van der Waals surface area contributed by atoms with Crippen LogP contribution in [0.3, 0.4) is 0 Å². The highest BCUT2D eigenvalue weighted by Crippen LogP contribution is 2.45. The van der Waals surface area contributed by atoms with Crippen LogP contribution in [0.1, 0.15) is 17.5 Å². The number of rotatable bonds is 7. The molecule has 2 heterocycles. The number of anilines is 1. The Morgan fingerprint density at radius 2 is 1.69 bits per heavy atom. The van der Waals surface area contributed by atoms with Crippen LogP contribution >= 0.6 is 47.2 Å². The van der Waals surface area contributed by atoms with E-state index in [4.69, 9.17) is 45.3 Å². The standard InChI is InChI=1S/C23H16Cl2N2O6S2/c24-13-3-1-12(2-4-13)11-33-18(30)10-27-16-6-5-14(25)9-15(16)19(21(27)31)20-22(32)26(23(34)35-20)8-7-17(28)29/h1-6,9H,7-8,10-11H2,(H,28,29)/b20-19-. The average Bonchev–Trinajstić information content (AvgIpc) is 3.23. The second-order valence-electron chi connectivity index (χ2n) is 7.51. The highest BCUT2D eigenvalue weighted by Gasteiger charge is 2.42. The van der Waals surface area contributed by atoms with E-state index in [-0.39, 0.29) is 40.9 Å². The number of nitrogens with zero attached hydrogens (tertiary/aromatic N) is 2. The minimum Gasteiger partial charge on any atom is -0.481 e. The molecular weight excluding hydrogens is 535 g/mol. The number of benzene rings is 2. The third-order valence-electron chi connectivity index (χ3n) is 5.20. The molecule has 0 radical (unpaired) electrons. The summed E-state index contributed by atoms with van der Waals surface area (Å²) in [5.74, 6) is -2.87. The van der Waals surface area contributed by atoms with E-state index < -0.39 is 23.8 Å². The molecule has 2 aromatic carbocycles. The maximum absolute atomic E-state index is 13.4. The summed E-state index contributed by atoms with van der Waals surface area (Å²) in [6, 6.07) is 11.5. The Labute approximate surface area is 219 Å². The number of carbonyl (C=O) groups is 4. The molecule has 0 aromatic heterocycles. The summed E-state index contributed by atoms with van der Waals surface area (Å²) in [5, 5.41) is 9.84. The average molecular weight is 551 g/mol. The van der Waals surface area contributed by atoms with Crippen molar-refractivity contribution < 1.29 is 29.0 Å². The first kappa shape index (κ1) is 25.2. The number of aliphatic carboxylic acids is 1. The number of hydrogen-bond acceptors (Lipinski definition) is 7. The zero-order chi connectivity index (χ0) is 25.3. The summed E-state index contributed by atoms with van der Waals surface area (Å²) in [5.41, 5.74) is 1.57. The van der Waals surface area contributed by atoms with Gasteiger partial charge in [-0.25, -0.2) is 0 Å². The molecule has 180 valence electrons. The molecule has 12 heteroatoms. The summed E-state index contributed by atoms with van der Waals surface area (Å²) in [6.45, 7) is -0.501. The predicted octanol–water partition coefficient (Wildman–Crippen LogP) is 4.13. The molecule has 0 aliphatic carbocycles. The molecular formula is C23H16Cl2N2O6S2. The first-order chi connectivity index (χ1) is 16.7. The van der Waals surface area contributed by atoms with Gasteiger partial charge in [-0.1, -0.05) is 59.3 Å². The molecule has 2 aliphatic rings. The third kappa shape index (κ3) is 5.35. The first-order valence-corrected chi connectivity index (χ1v) is 12.2. The second-order valence-corrected chi connectivity index (χ2v) is 10.0. The summed E-state index contributed by atoms with van der Waals surface area (Å²) in [7, 11) is 0. The predicted molar refractivity (Wildman–Crippen MR) is 136 cm³/mol. The smallest absolute Gasteiger partial charge is 0.326 e. The first-order valence-electron chi connectivity index (χ1n) is 10.2. The molecule has 1 saturated heterocycles. The molecule has 0 bridgehead atoms. The van der Waals surface area contributed by atoms with E-state index in [1.807, 2.05) is 0 Å². The van der Waals surface area contributed by atoms with Crippen molar-refractivity contribution in [2.24, 2.45) is 0 Å². The number of esters is 1. The van der Waals surface area contributed by atoms with Crippen molar-refractivity contribution in [2.45, 2.75) is 13.0 Å². The zero-order valence-corrected chi connectivity index (χ0v) is 21.0. The Kier molecular flexibility index (Phi) is 7.46. The number of carboxylic acid groups (broad SMARTS) is 1. The number of amides is 2. The summed E-state index contributed by atoms with van der Waals surface area (Å²) < 4.78 is 5.46. The zero-order valence-electron chi connectivity index (χ0n) is 17.8. The van der Waals surface area contributed by atoms with Gasteiger partial charge in [0.1, 0.15) is 17.5 Å². The Bertz CT molecular complexity index is 1300. The van der Waals surface area contributed by atoms with Gasteiger partial charge in [0.25, 0.3) is 11.8 Å². The van der Waals surface area contributed by atoms with Crippen LogP contribution in [0.25, 0.3) is 5.57 Å². The Morgan fingerprint density at radius 1 is 1.00 bits per heavy atom. The van der Waals surface area contributed by atoms with Gasteiger partial charge >= 0.3 is 11.9 Å². The lowest BCUT2D eigenvalue weighted by Crippen LogP contribution is -2.34. The van der Waals surface area contributed by atoms with Crippen LogP contribution in [-0.2, 0) is 30.5 Å². The molecule has 35 heavy (non-hydrogen) atoms. The molecule has 1 fully saturated rings. The largest absolute Gasteiger partial charge is 0.481 e. The number of fused-ring (bicyclic) bond motifs is 1. The van der Waals surface area contributed by atoms with Gasteiger partial charge in [0.15, 0.2) is 0 Å². The lowest BCUT2D eigenvalue weighted by atomic mass is 10.1. The van der Waals surface area contributed by atoms with E-state index in [1.54, 1.807) is 36.4 Å². The molecule has 1 N–H and O–H groups in total. The molecule has 2 amide bonds. The van der Waals surface area contributed by atoms with E-state index in [0.717, 1.165) is 22.2 Å². The van der Waals surface area contributed by atoms with Crippen molar-refractivity contribution in [2.75, 3.05) is 18.0 Å². The maximum Gasteiger partial charge on any atom is 0.326 e. The van der Waals surface area contributed by atoms with Gasteiger partial charge in [-0.05, 0) is 35.9 Å². The molecule has 0 unspecified atom stereocenters. The highest BCUT2D eigenvalue weighted by atomic mass is 35.5.